The number of hydrogen-bond donors (Lipinski definition) is 1. The van der Waals surface area contributed by atoms with Crippen LogP contribution in [0.2, 0.25) is 0 Å². The van der Waals surface area contributed by atoms with Crippen molar-refractivity contribution in [1.29, 1.82) is 0 Å². The molecule has 18 heavy (non-hydrogen) atoms. The predicted octanol–water partition coefficient (Wildman–Crippen LogP) is 1.75. The highest BCUT2D eigenvalue weighted by molar-refractivity contribution is 5.92. The molecule has 96 valence electrons. The number of pyridine rings is 1. The number of nitrogens with one attached hydrogen (secondary N) is 1. The van der Waals surface area contributed by atoms with Gasteiger partial charge in [-0.15, -0.1) is 0 Å². The molecule has 1 aliphatic rings. The molecular formula is C13H16N2O3. The molecule has 2 heterocycles. The summed E-state index contributed by atoms with van der Waals surface area (Å²) in [6.07, 6.45) is 2.31. The smallest absolute Gasteiger partial charge is 0.310 e. The summed E-state index contributed by atoms with van der Waals surface area (Å²) < 4.78 is 5.18. The molecule has 0 saturated carbocycles. The van der Waals surface area contributed by atoms with Crippen molar-refractivity contribution < 1.29 is 14.3 Å². The Labute approximate surface area is 106 Å². The number of esters is 1. The first-order chi connectivity index (χ1) is 8.46. The topological polar surface area (TPSA) is 68.3 Å². The van der Waals surface area contributed by atoms with E-state index < -0.39 is 5.60 Å². The minimum absolute atomic E-state index is 0.138. The fourth-order valence-electron chi connectivity index (χ4n) is 2.08. The van der Waals surface area contributed by atoms with Crippen LogP contribution in [0.25, 0.3) is 0 Å². The number of hydrogen-bond acceptors (Lipinski definition) is 4. The third-order valence-corrected chi connectivity index (χ3v) is 2.81. The van der Waals surface area contributed by atoms with Crippen LogP contribution in [0.3, 0.4) is 0 Å². The minimum Gasteiger partial charge on any atom is -0.459 e. The molecule has 0 radical (unpaired) electrons. The van der Waals surface area contributed by atoms with E-state index in [4.69, 9.17) is 4.74 Å². The van der Waals surface area contributed by atoms with Crippen molar-refractivity contribution in [3.8, 4) is 0 Å². The van der Waals surface area contributed by atoms with Gasteiger partial charge in [-0.2, -0.15) is 0 Å². The molecule has 1 atom stereocenters. The number of cyclic esters (lactones) is 1. The van der Waals surface area contributed by atoms with Crippen LogP contribution < -0.4 is 5.32 Å². The maximum absolute atomic E-state index is 11.8. The van der Waals surface area contributed by atoms with E-state index in [1.807, 2.05) is 13.8 Å². The van der Waals surface area contributed by atoms with Gasteiger partial charge in [-0.05, 0) is 26.0 Å². The fraction of sp³-hybridized carbons (Fsp3) is 0.462. The third kappa shape index (κ3) is 3.06. The summed E-state index contributed by atoms with van der Waals surface area (Å²) in [6, 6.07) is 5.26. The number of carbonyl (C=O) groups is 2. The lowest BCUT2D eigenvalue weighted by Crippen LogP contribution is -2.20. The molecule has 0 aromatic carbocycles. The van der Waals surface area contributed by atoms with Gasteiger partial charge in [0, 0.05) is 19.0 Å². The summed E-state index contributed by atoms with van der Waals surface area (Å²) >= 11 is 0. The monoisotopic (exact) mass is 248 g/mol. The van der Waals surface area contributed by atoms with Crippen LogP contribution in [0.1, 0.15) is 26.7 Å². The Balaban J connectivity index is 1.91. The number of rotatable bonds is 3. The number of aromatic nitrogens is 1. The van der Waals surface area contributed by atoms with Gasteiger partial charge < -0.3 is 10.1 Å². The SMILES string of the molecule is CC1(C)C[C@H](CC(=O)Nc2ccccn2)C(=O)O1. The zero-order valence-corrected chi connectivity index (χ0v) is 10.5. The number of anilines is 1. The van der Waals surface area contributed by atoms with E-state index in [2.05, 4.69) is 10.3 Å². The molecule has 1 amide bonds. The van der Waals surface area contributed by atoms with Crippen LogP contribution >= 0.6 is 0 Å². The standard InChI is InChI=1S/C13H16N2O3/c1-13(2)8-9(12(17)18-13)7-11(16)15-10-5-3-4-6-14-10/h3-6,9H,7-8H2,1-2H3,(H,14,15,16)/t9-/m0/s1. The molecule has 1 saturated heterocycles. The predicted molar refractivity (Wildman–Crippen MR) is 65.8 cm³/mol. The minimum atomic E-state index is -0.465. The van der Waals surface area contributed by atoms with Gasteiger partial charge >= 0.3 is 5.97 Å². The summed E-state index contributed by atoms with van der Waals surface area (Å²) in [7, 11) is 0. The van der Waals surface area contributed by atoms with E-state index >= 15 is 0 Å². The first kappa shape index (κ1) is 12.5. The highest BCUT2D eigenvalue weighted by atomic mass is 16.6. The van der Waals surface area contributed by atoms with E-state index in [0.29, 0.717) is 12.2 Å². The average Bonchev–Trinajstić information content (AvgIpc) is 2.53. The van der Waals surface area contributed by atoms with Gasteiger partial charge in [0.15, 0.2) is 0 Å². The molecule has 1 aliphatic heterocycles. The van der Waals surface area contributed by atoms with Crippen molar-refractivity contribution in [3.05, 3.63) is 24.4 Å². The number of nitrogens with zero attached hydrogens (tertiary/aromatic N) is 1. The Bertz CT molecular complexity index is 457. The van der Waals surface area contributed by atoms with Crippen LogP contribution in [-0.4, -0.2) is 22.5 Å². The lowest BCUT2D eigenvalue weighted by atomic mass is 9.95. The van der Waals surface area contributed by atoms with Crippen molar-refractivity contribution in [2.75, 3.05) is 5.32 Å². The maximum Gasteiger partial charge on any atom is 0.310 e. The molecule has 5 nitrogen and oxygen atoms in total. The van der Waals surface area contributed by atoms with Gasteiger partial charge in [0.25, 0.3) is 0 Å². The molecule has 0 bridgehead atoms. The van der Waals surface area contributed by atoms with Gasteiger partial charge in [0.05, 0.1) is 5.92 Å². The Hall–Kier alpha value is -1.91. The Morgan fingerprint density at radius 1 is 1.56 bits per heavy atom. The lowest BCUT2D eigenvalue weighted by molar-refractivity contribution is -0.149. The summed E-state index contributed by atoms with van der Waals surface area (Å²) in [5.74, 6) is -0.374. The molecule has 1 aromatic heterocycles. The normalized spacial score (nSPS) is 21.4. The van der Waals surface area contributed by atoms with Crippen molar-refractivity contribution in [1.82, 2.24) is 4.98 Å². The van der Waals surface area contributed by atoms with Crippen LogP contribution in [-0.2, 0) is 14.3 Å². The summed E-state index contributed by atoms with van der Waals surface area (Å²) in [4.78, 5) is 27.3. The second kappa shape index (κ2) is 4.76. The molecule has 1 N–H and O–H groups in total. The summed E-state index contributed by atoms with van der Waals surface area (Å²) in [5.41, 5.74) is -0.465. The van der Waals surface area contributed by atoms with Crippen molar-refractivity contribution in [2.45, 2.75) is 32.3 Å². The van der Waals surface area contributed by atoms with Crippen LogP contribution in [0.15, 0.2) is 24.4 Å². The fourth-order valence-corrected chi connectivity index (χ4v) is 2.08. The van der Waals surface area contributed by atoms with Gasteiger partial charge in [0.1, 0.15) is 11.4 Å². The zero-order chi connectivity index (χ0) is 13.2. The molecule has 0 aliphatic carbocycles. The van der Waals surface area contributed by atoms with E-state index in [1.165, 1.54) is 0 Å². The third-order valence-electron chi connectivity index (χ3n) is 2.81. The molecule has 0 spiro atoms. The zero-order valence-electron chi connectivity index (χ0n) is 10.5. The molecule has 0 unspecified atom stereocenters. The van der Waals surface area contributed by atoms with Crippen molar-refractivity contribution >= 4 is 17.7 Å². The van der Waals surface area contributed by atoms with Gasteiger partial charge in [0.2, 0.25) is 5.91 Å². The van der Waals surface area contributed by atoms with Gasteiger partial charge in [-0.1, -0.05) is 6.07 Å². The quantitative estimate of drug-likeness (QED) is 0.827. The van der Waals surface area contributed by atoms with E-state index in [9.17, 15) is 9.59 Å². The number of amides is 1. The van der Waals surface area contributed by atoms with Crippen molar-refractivity contribution in [2.24, 2.45) is 5.92 Å². The van der Waals surface area contributed by atoms with E-state index in [0.717, 1.165) is 0 Å². The van der Waals surface area contributed by atoms with Crippen LogP contribution in [0, 0.1) is 5.92 Å². The second-order valence-corrected chi connectivity index (χ2v) is 5.05. The summed E-state index contributed by atoms with van der Waals surface area (Å²) in [6.45, 7) is 3.70. The highest BCUT2D eigenvalue weighted by Gasteiger charge is 2.40. The first-order valence-corrected chi connectivity index (χ1v) is 5.90. The lowest BCUT2D eigenvalue weighted by Gasteiger charge is -2.14. The van der Waals surface area contributed by atoms with Gasteiger partial charge in [-0.3, -0.25) is 9.59 Å². The Morgan fingerprint density at radius 2 is 2.33 bits per heavy atom. The molecule has 1 fully saturated rings. The van der Waals surface area contributed by atoms with E-state index in [1.54, 1.807) is 24.4 Å². The molecule has 2 rings (SSSR count). The first-order valence-electron chi connectivity index (χ1n) is 5.90. The highest BCUT2D eigenvalue weighted by Crippen LogP contribution is 2.32. The number of ether oxygens (including phenoxy) is 1. The number of carbonyl (C=O) groups excluding carboxylic acids is 2. The average molecular weight is 248 g/mol. The van der Waals surface area contributed by atoms with Crippen LogP contribution in [0.4, 0.5) is 5.82 Å². The molecular weight excluding hydrogens is 232 g/mol. The Morgan fingerprint density at radius 3 is 2.89 bits per heavy atom. The van der Waals surface area contributed by atoms with Crippen molar-refractivity contribution in [3.63, 3.8) is 0 Å². The largest absolute Gasteiger partial charge is 0.459 e. The molecule has 1 aromatic rings. The molecule has 5 heteroatoms. The Kier molecular flexibility index (Phi) is 3.32. The van der Waals surface area contributed by atoms with Crippen LogP contribution in [0.5, 0.6) is 0 Å². The summed E-state index contributed by atoms with van der Waals surface area (Å²) in [5, 5.41) is 2.66. The van der Waals surface area contributed by atoms with Gasteiger partial charge in [-0.25, -0.2) is 4.98 Å². The second-order valence-electron chi connectivity index (χ2n) is 5.05. The maximum atomic E-state index is 11.8. The van der Waals surface area contributed by atoms with E-state index in [-0.39, 0.29) is 24.2 Å².